The minimum atomic E-state index is -0.225. The van der Waals surface area contributed by atoms with Gasteiger partial charge < -0.3 is 10.1 Å². The Morgan fingerprint density at radius 3 is 2.33 bits per heavy atom. The number of rotatable bonds is 7. The molecule has 0 saturated carbocycles. The molecule has 0 saturated heterocycles. The van der Waals surface area contributed by atoms with Crippen molar-refractivity contribution in [3.63, 3.8) is 0 Å². The van der Waals surface area contributed by atoms with E-state index < -0.39 is 0 Å². The van der Waals surface area contributed by atoms with E-state index in [1.165, 1.54) is 7.11 Å². The molecule has 1 atom stereocenters. The lowest BCUT2D eigenvalue weighted by molar-refractivity contribution is -0.142. The van der Waals surface area contributed by atoms with Gasteiger partial charge in [0.15, 0.2) is 0 Å². The molecule has 0 spiro atoms. The van der Waals surface area contributed by atoms with Crippen LogP contribution in [0.1, 0.15) is 38.2 Å². The van der Waals surface area contributed by atoms with Crippen LogP contribution in [0.2, 0.25) is 0 Å². The number of carbonyl (C=O) groups excluding carboxylic acids is 1. The van der Waals surface area contributed by atoms with Crippen molar-refractivity contribution in [3.8, 4) is 0 Å². The van der Waals surface area contributed by atoms with Crippen LogP contribution in [0.3, 0.4) is 0 Å². The lowest BCUT2D eigenvalue weighted by atomic mass is 9.98. The minimum absolute atomic E-state index is 0.181. The Hall–Kier alpha value is -1.35. The first kappa shape index (κ1) is 14.7. The van der Waals surface area contributed by atoms with Gasteiger partial charge in [-0.3, -0.25) is 4.79 Å². The Labute approximate surface area is 110 Å². The molecule has 3 nitrogen and oxygen atoms in total. The van der Waals surface area contributed by atoms with E-state index in [9.17, 15) is 4.79 Å². The molecule has 1 aromatic carbocycles. The lowest BCUT2D eigenvalue weighted by Crippen LogP contribution is -2.34. The molecule has 0 aliphatic heterocycles. The summed E-state index contributed by atoms with van der Waals surface area (Å²) in [5.74, 6) is -0.406. The predicted octanol–water partition coefficient (Wildman–Crippen LogP) is 2.72. The third-order valence-corrected chi connectivity index (χ3v) is 3.28. The zero-order chi connectivity index (χ0) is 13.4. The van der Waals surface area contributed by atoms with Gasteiger partial charge in [-0.25, -0.2) is 0 Å². The van der Waals surface area contributed by atoms with E-state index in [-0.39, 0.29) is 11.9 Å². The van der Waals surface area contributed by atoms with Gasteiger partial charge >= 0.3 is 5.97 Å². The van der Waals surface area contributed by atoms with Crippen molar-refractivity contribution in [2.45, 2.75) is 38.6 Å². The third-order valence-electron chi connectivity index (χ3n) is 3.28. The maximum Gasteiger partial charge on any atom is 0.314 e. The molecule has 1 aromatic rings. The van der Waals surface area contributed by atoms with E-state index in [0.29, 0.717) is 12.6 Å². The van der Waals surface area contributed by atoms with Crippen molar-refractivity contribution in [1.82, 2.24) is 5.32 Å². The number of ether oxygens (including phenoxy) is 1. The van der Waals surface area contributed by atoms with Crippen molar-refractivity contribution in [1.29, 1.82) is 0 Å². The van der Waals surface area contributed by atoms with E-state index in [1.54, 1.807) is 0 Å². The Kier molecular flexibility index (Phi) is 6.44. The quantitative estimate of drug-likeness (QED) is 0.755. The Bertz CT molecular complexity index is 347. The van der Waals surface area contributed by atoms with Crippen LogP contribution in [-0.2, 0) is 9.53 Å². The summed E-state index contributed by atoms with van der Waals surface area (Å²) in [4.78, 5) is 11.8. The van der Waals surface area contributed by atoms with Crippen LogP contribution >= 0.6 is 0 Å². The first-order valence-electron chi connectivity index (χ1n) is 6.59. The second kappa shape index (κ2) is 7.88. The lowest BCUT2D eigenvalue weighted by Gasteiger charge is -2.20. The van der Waals surface area contributed by atoms with Crippen LogP contribution in [0, 0.1) is 0 Å². The smallest absolute Gasteiger partial charge is 0.314 e. The molecule has 1 unspecified atom stereocenters. The van der Waals surface area contributed by atoms with E-state index in [1.807, 2.05) is 30.3 Å². The minimum Gasteiger partial charge on any atom is -0.469 e. The number of hydrogen-bond acceptors (Lipinski definition) is 3. The predicted molar refractivity (Wildman–Crippen MR) is 73.6 cm³/mol. The zero-order valence-electron chi connectivity index (χ0n) is 11.5. The van der Waals surface area contributed by atoms with Crippen molar-refractivity contribution in [2.24, 2.45) is 0 Å². The fraction of sp³-hybridized carbons (Fsp3) is 0.533. The molecule has 0 heterocycles. The molecule has 100 valence electrons. The molecule has 0 bridgehead atoms. The first-order chi connectivity index (χ1) is 8.72. The summed E-state index contributed by atoms with van der Waals surface area (Å²) in [7, 11) is 1.44. The van der Waals surface area contributed by atoms with Gasteiger partial charge in [-0.1, -0.05) is 44.2 Å². The summed E-state index contributed by atoms with van der Waals surface area (Å²) in [5, 5.41) is 3.43. The number of hydrogen-bond donors (Lipinski definition) is 1. The second-order valence-electron chi connectivity index (χ2n) is 4.41. The maximum atomic E-state index is 11.8. The fourth-order valence-corrected chi connectivity index (χ4v) is 2.03. The fourth-order valence-electron chi connectivity index (χ4n) is 2.03. The zero-order valence-corrected chi connectivity index (χ0v) is 11.5. The molecule has 0 aliphatic carbocycles. The van der Waals surface area contributed by atoms with E-state index in [0.717, 1.165) is 18.4 Å². The Morgan fingerprint density at radius 1 is 1.22 bits per heavy atom. The third kappa shape index (κ3) is 4.15. The molecule has 0 aromatic heterocycles. The monoisotopic (exact) mass is 249 g/mol. The molecular weight excluding hydrogens is 226 g/mol. The van der Waals surface area contributed by atoms with E-state index >= 15 is 0 Å². The van der Waals surface area contributed by atoms with Gasteiger partial charge in [-0.15, -0.1) is 0 Å². The first-order valence-corrected chi connectivity index (χ1v) is 6.59. The summed E-state index contributed by atoms with van der Waals surface area (Å²) >= 11 is 0. The van der Waals surface area contributed by atoms with Gasteiger partial charge in [0, 0.05) is 12.6 Å². The highest BCUT2D eigenvalue weighted by Crippen LogP contribution is 2.16. The van der Waals surface area contributed by atoms with Crippen molar-refractivity contribution < 1.29 is 9.53 Å². The van der Waals surface area contributed by atoms with Crippen molar-refractivity contribution in [3.05, 3.63) is 35.9 Å². The van der Waals surface area contributed by atoms with Crippen LogP contribution in [0.25, 0.3) is 0 Å². The van der Waals surface area contributed by atoms with Crippen LogP contribution in [0.4, 0.5) is 0 Å². The molecule has 18 heavy (non-hydrogen) atoms. The molecule has 1 N–H and O–H groups in total. The van der Waals surface area contributed by atoms with E-state index in [4.69, 9.17) is 4.74 Å². The molecule has 3 heteroatoms. The summed E-state index contributed by atoms with van der Waals surface area (Å²) < 4.78 is 4.89. The number of methoxy groups -OCH3 is 1. The maximum absolute atomic E-state index is 11.8. The number of esters is 1. The Balaban J connectivity index is 2.71. The van der Waals surface area contributed by atoms with Crippen molar-refractivity contribution >= 4 is 5.97 Å². The number of carbonyl (C=O) groups is 1. The summed E-state index contributed by atoms with van der Waals surface area (Å²) in [6.45, 7) is 4.93. The summed E-state index contributed by atoms with van der Waals surface area (Å²) in [5.41, 5.74) is 1.00. The molecule has 0 radical (unpaired) electrons. The molecule has 0 fully saturated rings. The number of benzene rings is 1. The van der Waals surface area contributed by atoms with Gasteiger partial charge in [0.25, 0.3) is 0 Å². The van der Waals surface area contributed by atoms with Gasteiger partial charge in [0.1, 0.15) is 0 Å². The molecular formula is C15H23NO2. The second-order valence-corrected chi connectivity index (χ2v) is 4.41. The van der Waals surface area contributed by atoms with Gasteiger partial charge in [-0.2, -0.15) is 0 Å². The summed E-state index contributed by atoms with van der Waals surface area (Å²) in [6, 6.07) is 10.2. The number of nitrogens with one attached hydrogen (secondary N) is 1. The highest BCUT2D eigenvalue weighted by atomic mass is 16.5. The Morgan fingerprint density at radius 2 is 1.83 bits per heavy atom. The van der Waals surface area contributed by atoms with Crippen LogP contribution < -0.4 is 5.32 Å². The molecule has 0 aliphatic rings. The highest BCUT2D eigenvalue weighted by Gasteiger charge is 2.21. The molecule has 0 amide bonds. The van der Waals surface area contributed by atoms with Gasteiger partial charge in [-0.05, 0) is 18.4 Å². The highest BCUT2D eigenvalue weighted by molar-refractivity contribution is 5.78. The van der Waals surface area contributed by atoms with E-state index in [2.05, 4.69) is 19.2 Å². The normalized spacial score (nSPS) is 12.4. The summed E-state index contributed by atoms with van der Waals surface area (Å²) in [6.07, 6.45) is 2.14. The standard InChI is InChI=1S/C15H23NO2/c1-4-13(5-2)16-11-14(15(17)18-3)12-9-7-6-8-10-12/h6-10,13-14,16H,4-5,11H2,1-3H3. The van der Waals surface area contributed by atoms with Crippen molar-refractivity contribution in [2.75, 3.05) is 13.7 Å². The van der Waals surface area contributed by atoms with Crippen LogP contribution in [-0.4, -0.2) is 25.7 Å². The topological polar surface area (TPSA) is 38.3 Å². The van der Waals surface area contributed by atoms with Crippen LogP contribution in [0.15, 0.2) is 30.3 Å². The average Bonchev–Trinajstić information content (AvgIpc) is 2.44. The SMILES string of the molecule is CCC(CC)NCC(C(=O)OC)c1ccccc1. The largest absolute Gasteiger partial charge is 0.469 e. The van der Waals surface area contributed by atoms with Gasteiger partial charge in [0.05, 0.1) is 13.0 Å². The van der Waals surface area contributed by atoms with Crippen LogP contribution in [0.5, 0.6) is 0 Å². The average molecular weight is 249 g/mol. The molecule has 1 rings (SSSR count). The van der Waals surface area contributed by atoms with Gasteiger partial charge in [0.2, 0.25) is 0 Å².